The highest BCUT2D eigenvalue weighted by molar-refractivity contribution is 5.98. The first-order chi connectivity index (χ1) is 12.3. The Morgan fingerprint density at radius 2 is 1.96 bits per heavy atom. The minimum atomic E-state index is -0.635. The first kappa shape index (κ1) is 19.2. The lowest BCUT2D eigenvalue weighted by Crippen LogP contribution is -2.34. The Morgan fingerprint density at radius 3 is 2.58 bits per heavy atom. The average Bonchev–Trinajstić information content (AvgIpc) is 2.61. The van der Waals surface area contributed by atoms with Crippen molar-refractivity contribution in [2.75, 3.05) is 10.6 Å². The van der Waals surface area contributed by atoms with Crippen LogP contribution >= 0.6 is 0 Å². The van der Waals surface area contributed by atoms with Crippen LogP contribution in [0.2, 0.25) is 0 Å². The van der Waals surface area contributed by atoms with Gasteiger partial charge in [0.2, 0.25) is 11.9 Å². The second-order valence-corrected chi connectivity index (χ2v) is 6.12. The quantitative estimate of drug-likeness (QED) is 0.569. The second-order valence-electron chi connectivity index (χ2n) is 6.12. The zero-order valence-corrected chi connectivity index (χ0v) is 15.1. The molecular formula is C18H24N6O2. The average molecular weight is 356 g/mol. The molecule has 0 aliphatic heterocycles. The Morgan fingerprint density at radius 1 is 1.23 bits per heavy atom. The third-order valence-corrected chi connectivity index (χ3v) is 4.21. The maximum atomic E-state index is 11.7. The number of rotatable bonds is 8. The fourth-order valence-corrected chi connectivity index (χ4v) is 2.31. The lowest BCUT2D eigenvalue weighted by atomic mass is 10.0. The Labute approximate surface area is 152 Å². The number of anilines is 3. The number of benzene rings is 1. The van der Waals surface area contributed by atoms with E-state index in [0.717, 1.165) is 17.7 Å². The fraction of sp³-hybridized carbons (Fsp3) is 0.333. The lowest BCUT2D eigenvalue weighted by molar-refractivity contribution is -0.121. The first-order valence-electron chi connectivity index (χ1n) is 8.40. The van der Waals surface area contributed by atoms with E-state index in [1.165, 1.54) is 6.20 Å². The van der Waals surface area contributed by atoms with Crippen molar-refractivity contribution >= 4 is 29.3 Å². The van der Waals surface area contributed by atoms with Crippen LogP contribution in [0, 0.1) is 5.92 Å². The van der Waals surface area contributed by atoms with Crippen LogP contribution in [0.25, 0.3) is 0 Å². The summed E-state index contributed by atoms with van der Waals surface area (Å²) in [5.74, 6) is -0.906. The van der Waals surface area contributed by atoms with Crippen LogP contribution in [-0.2, 0) is 11.2 Å². The van der Waals surface area contributed by atoms with Gasteiger partial charge in [-0.25, -0.2) is 4.98 Å². The maximum Gasteiger partial charge on any atom is 0.254 e. The van der Waals surface area contributed by atoms with E-state index in [0.29, 0.717) is 5.82 Å². The van der Waals surface area contributed by atoms with Crippen molar-refractivity contribution in [2.45, 2.75) is 33.2 Å². The molecule has 8 nitrogen and oxygen atoms in total. The number of aryl methyl sites for hydroxylation is 1. The van der Waals surface area contributed by atoms with Gasteiger partial charge in [0.05, 0.1) is 5.92 Å². The summed E-state index contributed by atoms with van der Waals surface area (Å²) in [7, 11) is 0. The van der Waals surface area contributed by atoms with Crippen LogP contribution < -0.4 is 22.1 Å². The zero-order valence-electron chi connectivity index (χ0n) is 15.1. The molecule has 0 radical (unpaired) electrons. The molecule has 138 valence electrons. The molecule has 1 aromatic heterocycles. The van der Waals surface area contributed by atoms with Gasteiger partial charge in [-0.3, -0.25) is 9.59 Å². The van der Waals surface area contributed by atoms with E-state index < -0.39 is 17.7 Å². The molecule has 0 spiro atoms. The molecule has 8 heteroatoms. The summed E-state index contributed by atoms with van der Waals surface area (Å²) in [6, 6.07) is 7.50. The van der Waals surface area contributed by atoms with Crippen molar-refractivity contribution in [3.8, 4) is 0 Å². The van der Waals surface area contributed by atoms with Crippen LogP contribution in [0.1, 0.15) is 36.7 Å². The Balaban J connectivity index is 2.30. The van der Waals surface area contributed by atoms with Crippen LogP contribution in [0.5, 0.6) is 0 Å². The van der Waals surface area contributed by atoms with E-state index in [1.54, 1.807) is 13.8 Å². The summed E-state index contributed by atoms with van der Waals surface area (Å²) in [5.41, 5.74) is 12.9. The molecule has 2 atom stereocenters. The molecule has 0 saturated carbocycles. The third kappa shape index (κ3) is 4.69. The van der Waals surface area contributed by atoms with Gasteiger partial charge in [-0.2, -0.15) is 4.98 Å². The third-order valence-electron chi connectivity index (χ3n) is 4.21. The maximum absolute atomic E-state index is 11.7. The number of carbonyl (C=O) groups excluding carboxylic acids is 2. The number of primary amides is 2. The molecule has 2 unspecified atom stereocenters. The molecule has 2 amide bonds. The van der Waals surface area contributed by atoms with Crippen LogP contribution in [0.4, 0.5) is 17.5 Å². The summed E-state index contributed by atoms with van der Waals surface area (Å²) in [6.45, 7) is 5.58. The van der Waals surface area contributed by atoms with E-state index in [2.05, 4.69) is 27.5 Å². The molecule has 0 bridgehead atoms. The van der Waals surface area contributed by atoms with Gasteiger partial charge in [0.15, 0.2) is 0 Å². The normalized spacial score (nSPS) is 12.9. The molecule has 2 aromatic rings. The monoisotopic (exact) mass is 356 g/mol. The Hall–Kier alpha value is -3.16. The van der Waals surface area contributed by atoms with Crippen LogP contribution in [-0.4, -0.2) is 27.8 Å². The van der Waals surface area contributed by atoms with E-state index in [1.807, 2.05) is 24.3 Å². The summed E-state index contributed by atoms with van der Waals surface area (Å²) in [4.78, 5) is 31.4. The molecule has 0 aliphatic rings. The van der Waals surface area contributed by atoms with Gasteiger partial charge < -0.3 is 22.1 Å². The number of hydrogen-bond donors (Lipinski definition) is 4. The minimum Gasteiger partial charge on any atom is -0.369 e. The van der Waals surface area contributed by atoms with Gasteiger partial charge in [0.1, 0.15) is 11.4 Å². The van der Waals surface area contributed by atoms with Crippen molar-refractivity contribution in [1.29, 1.82) is 0 Å². The van der Waals surface area contributed by atoms with E-state index >= 15 is 0 Å². The largest absolute Gasteiger partial charge is 0.369 e. The van der Waals surface area contributed by atoms with Crippen molar-refractivity contribution in [3.05, 3.63) is 41.6 Å². The number of aromatic nitrogens is 2. The molecule has 6 N–H and O–H groups in total. The number of nitrogens with two attached hydrogens (primary N) is 2. The molecule has 0 fully saturated rings. The highest BCUT2D eigenvalue weighted by atomic mass is 16.1. The first-order valence-corrected chi connectivity index (χ1v) is 8.40. The van der Waals surface area contributed by atoms with Gasteiger partial charge in [-0.15, -0.1) is 0 Å². The van der Waals surface area contributed by atoms with E-state index in [-0.39, 0.29) is 17.6 Å². The molecule has 0 saturated heterocycles. The van der Waals surface area contributed by atoms with Crippen molar-refractivity contribution in [3.63, 3.8) is 0 Å². The molecule has 0 aliphatic carbocycles. The molecule has 26 heavy (non-hydrogen) atoms. The standard InChI is InChI=1S/C18H24N6O2/c1-4-12-6-5-7-13(8-12)23-17-14(16(20)26)9-21-18(24-17)22-11(3)10(2)15(19)25/h5-11H,4H2,1-3H3,(H2,19,25)(H2,20,26)(H2,21,22,23,24). The van der Waals surface area contributed by atoms with Crippen molar-refractivity contribution in [2.24, 2.45) is 17.4 Å². The Bertz CT molecular complexity index is 808. The van der Waals surface area contributed by atoms with E-state index in [4.69, 9.17) is 11.5 Å². The summed E-state index contributed by atoms with van der Waals surface area (Å²) in [5, 5.41) is 6.13. The van der Waals surface area contributed by atoms with Crippen molar-refractivity contribution in [1.82, 2.24) is 9.97 Å². The molecule has 2 rings (SSSR count). The summed E-state index contributed by atoms with van der Waals surface area (Å²) < 4.78 is 0. The highest BCUT2D eigenvalue weighted by Gasteiger charge is 2.19. The fourth-order valence-electron chi connectivity index (χ4n) is 2.31. The summed E-state index contributed by atoms with van der Waals surface area (Å²) in [6.07, 6.45) is 2.24. The number of amides is 2. The number of hydrogen-bond acceptors (Lipinski definition) is 6. The number of nitrogens with zero attached hydrogens (tertiary/aromatic N) is 2. The highest BCUT2D eigenvalue weighted by Crippen LogP contribution is 2.21. The smallest absolute Gasteiger partial charge is 0.254 e. The number of nitrogens with one attached hydrogen (secondary N) is 2. The van der Waals surface area contributed by atoms with Gasteiger partial charge in [0, 0.05) is 17.9 Å². The molecule has 1 aromatic carbocycles. The zero-order chi connectivity index (χ0) is 19.3. The van der Waals surface area contributed by atoms with Crippen LogP contribution in [0.15, 0.2) is 30.5 Å². The van der Waals surface area contributed by atoms with Gasteiger partial charge in [-0.05, 0) is 31.0 Å². The van der Waals surface area contributed by atoms with Crippen molar-refractivity contribution < 1.29 is 9.59 Å². The molecular weight excluding hydrogens is 332 g/mol. The predicted octanol–water partition coefficient (Wildman–Crippen LogP) is 1.80. The Kier molecular flexibility index (Phi) is 6.11. The summed E-state index contributed by atoms with van der Waals surface area (Å²) >= 11 is 0. The van der Waals surface area contributed by atoms with Gasteiger partial charge in [0.25, 0.3) is 5.91 Å². The topological polar surface area (TPSA) is 136 Å². The van der Waals surface area contributed by atoms with Crippen LogP contribution in [0.3, 0.4) is 0 Å². The molecule has 1 heterocycles. The SMILES string of the molecule is CCc1cccc(Nc2nc(NC(C)C(C)C(N)=O)ncc2C(N)=O)c1. The number of carbonyl (C=O) groups is 2. The van der Waals surface area contributed by atoms with E-state index in [9.17, 15) is 9.59 Å². The minimum absolute atomic E-state index is 0.174. The lowest BCUT2D eigenvalue weighted by Gasteiger charge is -2.19. The second kappa shape index (κ2) is 8.28. The predicted molar refractivity (Wildman–Crippen MR) is 101 cm³/mol. The van der Waals surface area contributed by atoms with Gasteiger partial charge in [-0.1, -0.05) is 26.0 Å². The van der Waals surface area contributed by atoms with Gasteiger partial charge >= 0.3 is 0 Å².